The molecule has 2 aromatic heterocycles. The number of rotatable bonds is 7. The minimum atomic E-state index is 0.627. The van der Waals surface area contributed by atoms with Crippen LogP contribution in [0.5, 0.6) is 0 Å². The molecule has 0 spiro atoms. The van der Waals surface area contributed by atoms with E-state index in [-0.39, 0.29) is 0 Å². The van der Waals surface area contributed by atoms with E-state index >= 15 is 0 Å². The molecule has 6 heteroatoms. The standard InChI is InChI=1S/C25H21N5S/c1-2-10-24-20(7-1)13-14-22(26-24)17-31-23-9-4-6-19(16-23)12-11-18-5-3-8-21(15-18)25-27-29-30-28-25/h1-10,13-16H,11-12,17H2,(H,27,28,29,30). The van der Waals surface area contributed by atoms with Crippen LogP contribution in [0.15, 0.2) is 89.8 Å². The van der Waals surface area contributed by atoms with Gasteiger partial charge in [0.25, 0.3) is 0 Å². The summed E-state index contributed by atoms with van der Waals surface area (Å²) in [5.74, 6) is 1.49. The Morgan fingerprint density at radius 2 is 1.61 bits per heavy atom. The molecule has 0 aliphatic heterocycles. The fraction of sp³-hybridized carbons (Fsp3) is 0.120. The van der Waals surface area contributed by atoms with Crippen LogP contribution < -0.4 is 0 Å². The molecule has 0 saturated carbocycles. The molecule has 3 aromatic carbocycles. The Hall–Kier alpha value is -3.51. The summed E-state index contributed by atoms with van der Waals surface area (Å²) < 4.78 is 0. The number of tetrazole rings is 1. The van der Waals surface area contributed by atoms with E-state index in [0.717, 1.165) is 35.4 Å². The molecule has 0 aliphatic rings. The first-order valence-corrected chi connectivity index (χ1v) is 11.2. The Balaban J connectivity index is 1.22. The summed E-state index contributed by atoms with van der Waals surface area (Å²) in [4.78, 5) is 6.05. The smallest absolute Gasteiger partial charge is 0.204 e. The normalized spacial score (nSPS) is 11.1. The van der Waals surface area contributed by atoms with Gasteiger partial charge in [-0.05, 0) is 59.5 Å². The van der Waals surface area contributed by atoms with Gasteiger partial charge in [-0.2, -0.15) is 5.21 Å². The molecule has 5 nitrogen and oxygen atoms in total. The second-order valence-corrected chi connectivity index (χ2v) is 8.42. The van der Waals surface area contributed by atoms with Crippen molar-refractivity contribution in [3.8, 4) is 11.4 Å². The zero-order valence-corrected chi connectivity index (χ0v) is 17.7. The minimum absolute atomic E-state index is 0.627. The van der Waals surface area contributed by atoms with Crippen LogP contribution in [0.1, 0.15) is 16.8 Å². The van der Waals surface area contributed by atoms with E-state index in [1.807, 2.05) is 36.0 Å². The monoisotopic (exact) mass is 423 g/mol. The van der Waals surface area contributed by atoms with Crippen LogP contribution >= 0.6 is 11.8 Å². The number of benzene rings is 3. The molecule has 5 rings (SSSR count). The van der Waals surface area contributed by atoms with E-state index in [4.69, 9.17) is 4.98 Å². The first kappa shape index (κ1) is 19.5. The highest BCUT2D eigenvalue weighted by molar-refractivity contribution is 7.98. The number of pyridine rings is 1. The third-order valence-electron chi connectivity index (χ3n) is 5.17. The average Bonchev–Trinajstić information content (AvgIpc) is 3.37. The second-order valence-electron chi connectivity index (χ2n) is 7.37. The molecule has 0 atom stereocenters. The highest BCUT2D eigenvalue weighted by atomic mass is 32.2. The van der Waals surface area contributed by atoms with Gasteiger partial charge in [-0.3, -0.25) is 4.98 Å². The van der Waals surface area contributed by atoms with Crippen LogP contribution in [0.4, 0.5) is 0 Å². The van der Waals surface area contributed by atoms with E-state index in [9.17, 15) is 0 Å². The second kappa shape index (κ2) is 9.10. The van der Waals surface area contributed by atoms with Crippen LogP contribution in [-0.4, -0.2) is 25.6 Å². The molecule has 1 N–H and O–H groups in total. The summed E-state index contributed by atoms with van der Waals surface area (Å²) in [5.41, 5.74) is 5.74. The Morgan fingerprint density at radius 3 is 2.48 bits per heavy atom. The number of fused-ring (bicyclic) bond motifs is 1. The molecule has 152 valence electrons. The van der Waals surface area contributed by atoms with Crippen molar-refractivity contribution in [3.63, 3.8) is 0 Å². The molecule has 0 fully saturated rings. The number of aromatic amines is 1. The van der Waals surface area contributed by atoms with E-state index in [1.54, 1.807) is 0 Å². The maximum Gasteiger partial charge on any atom is 0.204 e. The predicted octanol–water partition coefficient (Wildman–Crippen LogP) is 5.49. The van der Waals surface area contributed by atoms with Gasteiger partial charge in [0, 0.05) is 21.6 Å². The van der Waals surface area contributed by atoms with E-state index in [2.05, 4.69) is 81.3 Å². The Labute approximate surface area is 184 Å². The minimum Gasteiger partial charge on any atom is -0.252 e. The number of nitrogens with one attached hydrogen (secondary N) is 1. The first-order chi connectivity index (χ1) is 15.3. The van der Waals surface area contributed by atoms with Crippen molar-refractivity contribution in [1.82, 2.24) is 25.6 Å². The quantitative estimate of drug-likeness (QED) is 0.351. The van der Waals surface area contributed by atoms with Crippen molar-refractivity contribution in [2.24, 2.45) is 0 Å². The molecule has 2 heterocycles. The van der Waals surface area contributed by atoms with Gasteiger partial charge in [0.15, 0.2) is 0 Å². The van der Waals surface area contributed by atoms with Gasteiger partial charge in [-0.25, -0.2) is 0 Å². The summed E-state index contributed by atoms with van der Waals surface area (Å²) in [6.07, 6.45) is 1.95. The molecular weight excluding hydrogens is 402 g/mol. The third kappa shape index (κ3) is 4.81. The number of para-hydroxylation sites is 1. The summed E-state index contributed by atoms with van der Waals surface area (Å²) in [6, 6.07) is 29.6. The van der Waals surface area contributed by atoms with Gasteiger partial charge in [0.1, 0.15) is 0 Å². The van der Waals surface area contributed by atoms with E-state index in [0.29, 0.717) is 5.82 Å². The van der Waals surface area contributed by atoms with Gasteiger partial charge < -0.3 is 0 Å². The van der Waals surface area contributed by atoms with Crippen molar-refractivity contribution >= 4 is 22.7 Å². The summed E-state index contributed by atoms with van der Waals surface area (Å²) in [7, 11) is 0. The molecule has 0 aliphatic carbocycles. The van der Waals surface area contributed by atoms with Crippen molar-refractivity contribution < 1.29 is 0 Å². The van der Waals surface area contributed by atoms with Crippen molar-refractivity contribution in [3.05, 3.63) is 102 Å². The van der Waals surface area contributed by atoms with Gasteiger partial charge in [0.2, 0.25) is 5.82 Å². The van der Waals surface area contributed by atoms with Crippen molar-refractivity contribution in [2.45, 2.75) is 23.5 Å². The molecule has 31 heavy (non-hydrogen) atoms. The fourth-order valence-corrected chi connectivity index (χ4v) is 4.46. The van der Waals surface area contributed by atoms with Gasteiger partial charge in [-0.1, -0.05) is 54.6 Å². The van der Waals surface area contributed by atoms with Gasteiger partial charge >= 0.3 is 0 Å². The molecule has 5 aromatic rings. The third-order valence-corrected chi connectivity index (χ3v) is 6.20. The van der Waals surface area contributed by atoms with Crippen LogP contribution in [0, 0.1) is 0 Å². The Morgan fingerprint density at radius 1 is 0.774 bits per heavy atom. The Bertz CT molecular complexity index is 1300. The lowest BCUT2D eigenvalue weighted by Crippen LogP contribution is -1.93. The van der Waals surface area contributed by atoms with Crippen LogP contribution in [-0.2, 0) is 18.6 Å². The molecule has 0 radical (unpaired) electrons. The zero-order chi connectivity index (χ0) is 20.9. The van der Waals surface area contributed by atoms with Gasteiger partial charge in [0.05, 0.1) is 11.2 Å². The SMILES string of the molecule is c1cc(CCc2cccc(-c3nn[nH]n3)c2)cc(SCc2ccc3ccccc3n2)c1. The molecular formula is C25H21N5S. The molecule has 0 unspecified atom stereocenters. The molecule has 0 bridgehead atoms. The number of nitrogens with zero attached hydrogens (tertiary/aromatic N) is 4. The lowest BCUT2D eigenvalue weighted by atomic mass is 10.0. The van der Waals surface area contributed by atoms with Crippen LogP contribution in [0.2, 0.25) is 0 Å². The Kier molecular flexibility index (Phi) is 5.71. The lowest BCUT2D eigenvalue weighted by molar-refractivity contribution is 0.881. The summed E-state index contributed by atoms with van der Waals surface area (Å²) >= 11 is 1.83. The highest BCUT2D eigenvalue weighted by Crippen LogP contribution is 2.25. The predicted molar refractivity (Wildman–Crippen MR) is 125 cm³/mol. The molecule has 0 amide bonds. The molecule has 0 saturated heterocycles. The number of aryl methyl sites for hydroxylation is 2. The van der Waals surface area contributed by atoms with E-state index in [1.165, 1.54) is 21.4 Å². The number of H-pyrrole nitrogens is 1. The zero-order valence-electron chi connectivity index (χ0n) is 16.9. The van der Waals surface area contributed by atoms with Crippen molar-refractivity contribution in [2.75, 3.05) is 0 Å². The number of aromatic nitrogens is 5. The number of hydrogen-bond donors (Lipinski definition) is 1. The van der Waals surface area contributed by atoms with E-state index < -0.39 is 0 Å². The largest absolute Gasteiger partial charge is 0.252 e. The maximum absolute atomic E-state index is 4.78. The van der Waals surface area contributed by atoms with Crippen molar-refractivity contribution in [1.29, 1.82) is 0 Å². The average molecular weight is 424 g/mol. The highest BCUT2D eigenvalue weighted by Gasteiger charge is 2.05. The van der Waals surface area contributed by atoms with Crippen LogP contribution in [0.3, 0.4) is 0 Å². The first-order valence-electron chi connectivity index (χ1n) is 10.2. The summed E-state index contributed by atoms with van der Waals surface area (Å²) in [6.45, 7) is 0. The fourth-order valence-electron chi connectivity index (χ4n) is 3.58. The number of hydrogen-bond acceptors (Lipinski definition) is 5. The lowest BCUT2D eigenvalue weighted by Gasteiger charge is -2.07. The maximum atomic E-state index is 4.78. The summed E-state index contributed by atoms with van der Waals surface area (Å²) in [5, 5.41) is 15.5. The van der Waals surface area contributed by atoms with Gasteiger partial charge in [-0.15, -0.1) is 22.0 Å². The number of thioether (sulfide) groups is 1. The topological polar surface area (TPSA) is 67.3 Å². The van der Waals surface area contributed by atoms with Crippen LogP contribution in [0.25, 0.3) is 22.3 Å².